The monoisotopic (exact) mass is 978 g/mol. The maximum absolute atomic E-state index is 7.74. The molecule has 10 aromatic rings. The number of thiophene rings is 1. The van der Waals surface area contributed by atoms with Crippen molar-refractivity contribution in [3.8, 4) is 22.3 Å². The fraction of sp³-hybridized carbons (Fsp3) is 0.275. The van der Waals surface area contributed by atoms with Gasteiger partial charge in [-0.2, -0.15) is 0 Å². The van der Waals surface area contributed by atoms with Crippen LogP contribution in [0.4, 0.5) is 34.1 Å². The van der Waals surface area contributed by atoms with Crippen LogP contribution in [0.3, 0.4) is 0 Å². The Hall–Kier alpha value is -6.82. The first kappa shape index (κ1) is 44.7. The number of benzene rings is 8. The van der Waals surface area contributed by atoms with Gasteiger partial charge in [0.05, 0.1) is 21.7 Å². The Morgan fingerprint density at radius 2 is 1.23 bits per heavy atom. The van der Waals surface area contributed by atoms with Gasteiger partial charge in [-0.25, -0.2) is 0 Å². The molecular weight excluding hydrogens is 916 g/mol. The maximum Gasteiger partial charge on any atom is 0.297 e. The van der Waals surface area contributed by atoms with Crippen molar-refractivity contribution in [1.29, 1.82) is 0 Å². The second kappa shape index (κ2) is 15.2. The van der Waals surface area contributed by atoms with Crippen LogP contribution in [0, 0.1) is 13.8 Å². The molecule has 0 saturated heterocycles. The van der Waals surface area contributed by atoms with Crippen molar-refractivity contribution in [3.63, 3.8) is 0 Å². The topological polar surface area (TPSA) is 19.6 Å². The number of aryl methyl sites for hydroxylation is 2. The Morgan fingerprint density at radius 3 is 2.00 bits per heavy atom. The molecule has 8 aromatic carbocycles. The Labute approximate surface area is 441 Å². The number of hydrogen-bond acceptors (Lipinski definition) is 4. The first-order chi connectivity index (χ1) is 35.6. The van der Waals surface area contributed by atoms with Gasteiger partial charge in [-0.3, -0.25) is 0 Å². The number of hydrogen-bond donors (Lipinski definition) is 0. The van der Waals surface area contributed by atoms with Crippen LogP contribution < -0.4 is 26.4 Å². The lowest BCUT2D eigenvalue weighted by Crippen LogP contribution is -2.61. The standard InChI is InChI=1S/C69H63BN2OS/c1-40-18-16-19-41(2)61(40)42-34-57-62-58(35-42)72(55-24-17-22-48-47-21-11-13-25-60(47)74-64(48)55)63-49-38-52-53(68(8,9)33-32-67(52,6)7)39-59(49)73-65(63)70(62)54-29-26-43(66(3,4)5)36-56(54)71(57)44-27-28-46-45-20-10-12-23-50(45)69(51(46)37-44)30-14-15-31-69/h10-13,16-29,34-39H,14-15,30-33H2,1-9H3. The lowest BCUT2D eigenvalue weighted by molar-refractivity contribution is 0.332. The van der Waals surface area contributed by atoms with Crippen LogP contribution in [0.5, 0.6) is 0 Å². The lowest BCUT2D eigenvalue weighted by Gasteiger charge is -2.44. The largest absolute Gasteiger partial charge is 0.468 e. The second-order valence-corrected chi connectivity index (χ2v) is 26.2. The molecule has 364 valence electrons. The number of rotatable bonds is 3. The third-order valence-corrected chi connectivity index (χ3v) is 20.1. The summed E-state index contributed by atoms with van der Waals surface area (Å²) in [7, 11) is 0. The summed E-state index contributed by atoms with van der Waals surface area (Å²) in [4.78, 5) is 5.34. The summed E-state index contributed by atoms with van der Waals surface area (Å²) >= 11 is 1.91. The summed E-state index contributed by atoms with van der Waals surface area (Å²) in [6, 6.07) is 57.1. The Bertz CT molecular complexity index is 4060. The minimum absolute atomic E-state index is 0.0182. The van der Waals surface area contributed by atoms with Crippen LogP contribution in [-0.2, 0) is 21.7 Å². The number of anilines is 6. The van der Waals surface area contributed by atoms with E-state index in [-0.39, 0.29) is 28.4 Å². The fourth-order valence-corrected chi connectivity index (χ4v) is 16.2. The highest BCUT2D eigenvalue weighted by Gasteiger charge is 2.50. The second-order valence-electron chi connectivity index (χ2n) is 25.1. The number of furan rings is 1. The summed E-state index contributed by atoms with van der Waals surface area (Å²) in [6.45, 7) is 21.3. The van der Waals surface area contributed by atoms with Crippen molar-refractivity contribution in [2.24, 2.45) is 0 Å². The molecule has 1 spiro atoms. The van der Waals surface area contributed by atoms with Gasteiger partial charge in [-0.1, -0.05) is 152 Å². The zero-order chi connectivity index (χ0) is 50.4. The molecule has 2 aromatic heterocycles. The van der Waals surface area contributed by atoms with Crippen molar-refractivity contribution in [1.82, 2.24) is 0 Å². The van der Waals surface area contributed by atoms with Crippen LogP contribution in [0.15, 0.2) is 150 Å². The van der Waals surface area contributed by atoms with E-state index in [1.54, 1.807) is 0 Å². The molecule has 5 heteroatoms. The first-order valence-electron chi connectivity index (χ1n) is 27.4. The highest BCUT2D eigenvalue weighted by atomic mass is 32.1. The minimum atomic E-state index is -0.162. The Balaban J connectivity index is 1.10. The molecule has 0 N–H and O–H groups in total. The molecule has 3 nitrogen and oxygen atoms in total. The van der Waals surface area contributed by atoms with Crippen LogP contribution in [0.2, 0.25) is 0 Å². The molecule has 3 aliphatic carbocycles. The van der Waals surface area contributed by atoms with Gasteiger partial charge in [-0.05, 0) is 182 Å². The normalized spacial score (nSPS) is 17.4. The van der Waals surface area contributed by atoms with Gasteiger partial charge in [-0.15, -0.1) is 11.3 Å². The summed E-state index contributed by atoms with van der Waals surface area (Å²) in [5, 5.41) is 3.79. The summed E-state index contributed by atoms with van der Waals surface area (Å²) in [5.41, 5.74) is 27.0. The first-order valence-corrected chi connectivity index (χ1v) is 28.2. The molecule has 4 heterocycles. The molecule has 0 unspecified atom stereocenters. The van der Waals surface area contributed by atoms with Crippen molar-refractivity contribution >= 4 is 99.9 Å². The smallest absolute Gasteiger partial charge is 0.297 e. The molecule has 0 amide bonds. The fourth-order valence-electron chi connectivity index (χ4n) is 15.0. The van der Waals surface area contributed by atoms with Crippen LogP contribution >= 0.6 is 11.3 Å². The molecule has 2 aliphatic heterocycles. The minimum Gasteiger partial charge on any atom is -0.468 e. The van der Waals surface area contributed by atoms with E-state index >= 15 is 0 Å². The SMILES string of the molecule is Cc1cccc(C)c1-c1cc2c3c(c1)N(c1cccc4c1sc1ccccc14)c1c(oc4cc5c(cc14)C(C)(C)CCC5(C)C)B3c1ccc(C(C)(C)C)cc1N2c1ccc2c(c1)C1(CCCC1)c1ccccc1-2. The van der Waals surface area contributed by atoms with E-state index in [0.29, 0.717) is 0 Å². The van der Waals surface area contributed by atoms with Gasteiger partial charge in [0.2, 0.25) is 0 Å². The lowest BCUT2D eigenvalue weighted by atomic mass is 9.35. The van der Waals surface area contributed by atoms with Gasteiger partial charge in [0.15, 0.2) is 0 Å². The molecule has 74 heavy (non-hydrogen) atoms. The average molecular weight is 979 g/mol. The van der Waals surface area contributed by atoms with E-state index in [2.05, 4.69) is 218 Å². The summed E-state index contributed by atoms with van der Waals surface area (Å²) in [6.07, 6.45) is 7.18. The molecule has 0 bridgehead atoms. The summed E-state index contributed by atoms with van der Waals surface area (Å²) in [5.74, 6) is 0. The highest BCUT2D eigenvalue weighted by Crippen LogP contribution is 2.59. The molecule has 5 aliphatic rings. The van der Waals surface area contributed by atoms with Gasteiger partial charge >= 0.3 is 0 Å². The maximum atomic E-state index is 7.74. The predicted octanol–water partition coefficient (Wildman–Crippen LogP) is 17.7. The number of fused-ring (bicyclic) bond motifs is 15. The van der Waals surface area contributed by atoms with Crippen molar-refractivity contribution in [2.45, 2.75) is 122 Å². The van der Waals surface area contributed by atoms with Crippen LogP contribution in [0.1, 0.15) is 126 Å². The third kappa shape index (κ3) is 6.02. The van der Waals surface area contributed by atoms with Gasteiger partial charge in [0.1, 0.15) is 5.58 Å². The van der Waals surface area contributed by atoms with Crippen molar-refractivity contribution in [2.75, 3.05) is 9.80 Å². The predicted molar refractivity (Wildman–Crippen MR) is 317 cm³/mol. The molecule has 15 rings (SSSR count). The Morgan fingerprint density at radius 1 is 0.554 bits per heavy atom. The molecule has 1 fully saturated rings. The van der Waals surface area contributed by atoms with E-state index in [9.17, 15) is 0 Å². The van der Waals surface area contributed by atoms with E-state index in [4.69, 9.17) is 4.42 Å². The van der Waals surface area contributed by atoms with E-state index < -0.39 is 0 Å². The van der Waals surface area contributed by atoms with E-state index in [0.717, 1.165) is 24.1 Å². The zero-order valence-electron chi connectivity index (χ0n) is 44.4. The van der Waals surface area contributed by atoms with Gasteiger partial charge in [0.25, 0.3) is 6.71 Å². The average Bonchev–Trinajstić information content (AvgIpc) is 4.18. The van der Waals surface area contributed by atoms with Crippen molar-refractivity contribution < 1.29 is 4.42 Å². The number of nitrogens with zero attached hydrogens (tertiary/aromatic N) is 2. The van der Waals surface area contributed by atoms with Crippen LogP contribution in [0.25, 0.3) is 53.4 Å². The Kier molecular flexibility index (Phi) is 9.15. The molecule has 0 atom stereocenters. The van der Waals surface area contributed by atoms with Crippen LogP contribution in [-0.4, -0.2) is 6.71 Å². The van der Waals surface area contributed by atoms with E-state index in [1.807, 2.05) is 11.3 Å². The van der Waals surface area contributed by atoms with E-state index in [1.165, 1.54) is 157 Å². The molecular formula is C69H63BN2OS. The van der Waals surface area contributed by atoms with Crippen molar-refractivity contribution in [3.05, 3.63) is 185 Å². The zero-order valence-corrected chi connectivity index (χ0v) is 45.2. The third-order valence-electron chi connectivity index (χ3n) is 18.9. The van der Waals surface area contributed by atoms with Gasteiger partial charge in [0, 0.05) is 49.0 Å². The molecule has 0 radical (unpaired) electrons. The van der Waals surface area contributed by atoms with Gasteiger partial charge < -0.3 is 14.2 Å². The summed E-state index contributed by atoms with van der Waals surface area (Å²) < 4.78 is 10.3. The quantitative estimate of drug-likeness (QED) is 0.165. The highest BCUT2D eigenvalue weighted by molar-refractivity contribution is 7.26. The molecule has 1 saturated carbocycles.